The molecular formula is C20H25FN4O2S. The second-order valence-corrected chi connectivity index (χ2v) is 8.71. The van der Waals surface area contributed by atoms with Crippen LogP contribution in [0.4, 0.5) is 4.39 Å². The van der Waals surface area contributed by atoms with Crippen LogP contribution in [0.3, 0.4) is 0 Å². The Morgan fingerprint density at radius 1 is 1.25 bits per heavy atom. The molecule has 6 nitrogen and oxygen atoms in total. The molecule has 28 heavy (non-hydrogen) atoms. The van der Waals surface area contributed by atoms with Crippen LogP contribution in [0.5, 0.6) is 0 Å². The van der Waals surface area contributed by atoms with Crippen LogP contribution in [0.15, 0.2) is 29.6 Å². The topological polar surface area (TPSA) is 75.2 Å². The molecule has 1 saturated carbocycles. The van der Waals surface area contributed by atoms with Crippen molar-refractivity contribution in [1.29, 1.82) is 0 Å². The first-order valence-corrected chi connectivity index (χ1v) is 10.3. The first-order valence-electron chi connectivity index (χ1n) is 9.44. The van der Waals surface area contributed by atoms with Gasteiger partial charge < -0.3 is 10.2 Å². The lowest BCUT2D eigenvalue weighted by Gasteiger charge is -2.37. The molecule has 1 aromatic carbocycles. The monoisotopic (exact) mass is 404 g/mol. The first-order chi connectivity index (χ1) is 13.3. The zero-order chi connectivity index (χ0) is 20.3. The number of halogens is 1. The number of rotatable bonds is 5. The average Bonchev–Trinajstić information content (AvgIpc) is 3.32. The molecule has 0 unspecified atom stereocenters. The van der Waals surface area contributed by atoms with Crippen molar-refractivity contribution in [3.8, 4) is 0 Å². The third kappa shape index (κ3) is 4.55. The van der Waals surface area contributed by atoms with Crippen molar-refractivity contribution in [2.24, 2.45) is 0 Å². The van der Waals surface area contributed by atoms with Crippen LogP contribution in [0.2, 0.25) is 0 Å². The highest BCUT2D eigenvalue weighted by molar-refractivity contribution is 7.03. The molecular weight excluding hydrogens is 379 g/mol. The summed E-state index contributed by atoms with van der Waals surface area (Å²) >= 11 is 1.07. The van der Waals surface area contributed by atoms with Gasteiger partial charge in [-0.3, -0.25) is 9.59 Å². The smallest absolute Gasteiger partial charge is 0.276 e. The minimum absolute atomic E-state index is 0.149. The van der Waals surface area contributed by atoms with Crippen LogP contribution in [-0.2, 0) is 4.79 Å². The van der Waals surface area contributed by atoms with E-state index in [1.165, 1.54) is 11.0 Å². The molecule has 0 aliphatic heterocycles. The molecule has 3 rings (SSSR count). The van der Waals surface area contributed by atoms with Crippen LogP contribution in [0, 0.1) is 5.82 Å². The maximum Gasteiger partial charge on any atom is 0.276 e. The lowest BCUT2D eigenvalue weighted by molar-refractivity contribution is -0.128. The summed E-state index contributed by atoms with van der Waals surface area (Å²) in [5, 5.41) is 8.37. The summed E-state index contributed by atoms with van der Waals surface area (Å²) in [7, 11) is 0. The van der Waals surface area contributed by atoms with Gasteiger partial charge in [-0.15, -0.1) is 5.10 Å². The maximum absolute atomic E-state index is 14.7. The zero-order valence-corrected chi connectivity index (χ0v) is 17.1. The number of carbonyl (C=O) groups is 2. The second-order valence-electron chi connectivity index (χ2n) is 8.10. The fourth-order valence-electron chi connectivity index (χ4n) is 3.62. The molecule has 8 heteroatoms. The maximum atomic E-state index is 14.7. The van der Waals surface area contributed by atoms with Gasteiger partial charge >= 0.3 is 0 Å². The zero-order valence-electron chi connectivity index (χ0n) is 16.3. The summed E-state index contributed by atoms with van der Waals surface area (Å²) in [4.78, 5) is 28.1. The summed E-state index contributed by atoms with van der Waals surface area (Å²) in [6.45, 7) is 5.57. The van der Waals surface area contributed by atoms with Crippen LogP contribution in [0.25, 0.3) is 0 Å². The van der Waals surface area contributed by atoms with Crippen molar-refractivity contribution in [3.63, 3.8) is 0 Å². The molecule has 0 bridgehead atoms. The van der Waals surface area contributed by atoms with E-state index < -0.39 is 29.2 Å². The Morgan fingerprint density at radius 2 is 1.93 bits per heavy atom. The van der Waals surface area contributed by atoms with E-state index in [4.69, 9.17) is 0 Å². The van der Waals surface area contributed by atoms with E-state index in [9.17, 15) is 14.0 Å². The molecule has 2 aromatic rings. The number of nitrogens with zero attached hydrogens (tertiary/aromatic N) is 3. The van der Waals surface area contributed by atoms with Gasteiger partial charge in [-0.1, -0.05) is 35.5 Å². The molecule has 0 radical (unpaired) electrons. The van der Waals surface area contributed by atoms with E-state index in [-0.39, 0.29) is 17.3 Å². The molecule has 1 atom stereocenters. The van der Waals surface area contributed by atoms with E-state index in [0.29, 0.717) is 0 Å². The van der Waals surface area contributed by atoms with Crippen LogP contribution < -0.4 is 5.32 Å². The Balaban J connectivity index is 2.09. The SMILES string of the molecule is CC(C)(C)NC(=O)[C@H](c1ccccc1F)N(C(=O)c1csnn1)C1CCCC1. The molecule has 1 aliphatic rings. The fraction of sp³-hybridized carbons (Fsp3) is 0.500. The van der Waals surface area contributed by atoms with Crippen molar-refractivity contribution >= 4 is 23.3 Å². The Bertz CT molecular complexity index is 829. The number of benzene rings is 1. The summed E-state index contributed by atoms with van der Waals surface area (Å²) < 4.78 is 18.5. The molecule has 1 aromatic heterocycles. The first kappa shape index (κ1) is 20.4. The fourth-order valence-corrected chi connectivity index (χ4v) is 4.05. The number of hydrogen-bond acceptors (Lipinski definition) is 5. The number of carbonyl (C=O) groups excluding carboxylic acids is 2. The standard InChI is InChI=1S/C20H25FN4O2S/c1-20(2,3)22-18(26)17(14-10-6-7-11-15(14)21)25(13-8-4-5-9-13)19(27)16-12-28-24-23-16/h6-7,10-13,17H,4-5,8-9H2,1-3H3,(H,22,26)/t17-/m0/s1. The van der Waals surface area contributed by atoms with Crippen LogP contribution >= 0.6 is 11.5 Å². The minimum Gasteiger partial charge on any atom is -0.349 e. The van der Waals surface area contributed by atoms with Gasteiger partial charge in [-0.05, 0) is 51.2 Å². The number of hydrogen-bond donors (Lipinski definition) is 1. The predicted octanol–water partition coefficient (Wildman–Crippen LogP) is 3.72. The van der Waals surface area contributed by atoms with Crippen LogP contribution in [0.1, 0.15) is 68.5 Å². The Hall–Kier alpha value is -2.35. The van der Waals surface area contributed by atoms with Gasteiger partial charge in [-0.2, -0.15) is 0 Å². The largest absolute Gasteiger partial charge is 0.349 e. The van der Waals surface area contributed by atoms with Crippen LogP contribution in [-0.4, -0.2) is 37.9 Å². The van der Waals surface area contributed by atoms with Gasteiger partial charge in [0.05, 0.1) is 0 Å². The number of aromatic nitrogens is 2. The Labute approximate surface area is 168 Å². The molecule has 0 spiro atoms. The molecule has 1 aliphatic carbocycles. The third-order valence-corrected chi connectivity index (χ3v) is 5.26. The predicted molar refractivity (Wildman–Crippen MR) is 105 cm³/mol. The highest BCUT2D eigenvalue weighted by Crippen LogP contribution is 2.34. The van der Waals surface area contributed by atoms with Crippen molar-refractivity contribution < 1.29 is 14.0 Å². The van der Waals surface area contributed by atoms with Crippen molar-refractivity contribution in [2.75, 3.05) is 0 Å². The molecule has 150 valence electrons. The van der Waals surface area contributed by atoms with E-state index in [2.05, 4.69) is 14.9 Å². The highest BCUT2D eigenvalue weighted by Gasteiger charge is 2.40. The molecule has 0 saturated heterocycles. The Morgan fingerprint density at radius 3 is 2.50 bits per heavy atom. The van der Waals surface area contributed by atoms with E-state index in [1.54, 1.807) is 23.6 Å². The van der Waals surface area contributed by atoms with Crippen molar-refractivity contribution in [3.05, 3.63) is 46.7 Å². The lowest BCUT2D eigenvalue weighted by Crippen LogP contribution is -2.52. The molecule has 1 fully saturated rings. The highest BCUT2D eigenvalue weighted by atomic mass is 32.1. The second kappa shape index (κ2) is 8.34. The van der Waals surface area contributed by atoms with Gasteiger partial charge in [0.1, 0.15) is 11.9 Å². The normalized spacial score (nSPS) is 16.0. The van der Waals surface area contributed by atoms with E-state index in [0.717, 1.165) is 37.2 Å². The number of nitrogens with one attached hydrogen (secondary N) is 1. The summed E-state index contributed by atoms with van der Waals surface area (Å²) in [6.07, 6.45) is 3.48. The molecule has 2 amide bonds. The average molecular weight is 405 g/mol. The minimum atomic E-state index is -1.07. The Kier molecular flexibility index (Phi) is 6.07. The molecule has 1 N–H and O–H groups in total. The molecule has 1 heterocycles. The lowest BCUT2D eigenvalue weighted by atomic mass is 9.98. The van der Waals surface area contributed by atoms with Gasteiger partial charge in [0, 0.05) is 22.5 Å². The van der Waals surface area contributed by atoms with E-state index >= 15 is 0 Å². The van der Waals surface area contributed by atoms with Gasteiger partial charge in [0.15, 0.2) is 5.69 Å². The summed E-state index contributed by atoms with van der Waals surface area (Å²) in [6, 6.07) is 4.91. The number of amides is 2. The van der Waals surface area contributed by atoms with E-state index in [1.807, 2.05) is 20.8 Å². The summed E-state index contributed by atoms with van der Waals surface area (Å²) in [5.74, 6) is -1.30. The quantitative estimate of drug-likeness (QED) is 0.824. The van der Waals surface area contributed by atoms with Gasteiger partial charge in [0.2, 0.25) is 5.91 Å². The third-order valence-electron chi connectivity index (χ3n) is 4.76. The van der Waals surface area contributed by atoms with Gasteiger partial charge in [0.25, 0.3) is 5.91 Å². The summed E-state index contributed by atoms with van der Waals surface area (Å²) in [5.41, 5.74) is -0.151. The van der Waals surface area contributed by atoms with Crippen molar-refractivity contribution in [1.82, 2.24) is 19.8 Å². The van der Waals surface area contributed by atoms with Gasteiger partial charge in [-0.25, -0.2) is 4.39 Å². The van der Waals surface area contributed by atoms with Crippen molar-refractivity contribution in [2.45, 2.75) is 64.1 Å².